The Hall–Kier alpha value is -3.58. The molecular weight excluding hydrogens is 302 g/mol. The molecule has 23 heavy (non-hydrogen) atoms. The number of nitroso groups, excluding NO2 is 1. The maximum Gasteiger partial charge on any atom is 0.317 e. The first kappa shape index (κ1) is 15.8. The van der Waals surface area contributed by atoms with Gasteiger partial charge in [-0.3, -0.25) is 14.9 Å². The van der Waals surface area contributed by atoms with Gasteiger partial charge in [-0.15, -0.1) is 4.91 Å². The summed E-state index contributed by atoms with van der Waals surface area (Å²) in [6, 6.07) is 10.4. The van der Waals surface area contributed by atoms with Crippen LogP contribution < -0.4 is 0 Å². The summed E-state index contributed by atoms with van der Waals surface area (Å²) in [6.07, 6.45) is 0. The highest BCUT2D eigenvalue weighted by Crippen LogP contribution is 2.27. The van der Waals surface area contributed by atoms with Gasteiger partial charge in [-0.05, 0) is 28.3 Å². The fourth-order valence-corrected chi connectivity index (χ4v) is 1.98. The van der Waals surface area contributed by atoms with Crippen LogP contribution in [0.1, 0.15) is 15.9 Å². The van der Waals surface area contributed by atoms with E-state index in [9.17, 15) is 19.8 Å². The van der Waals surface area contributed by atoms with Gasteiger partial charge < -0.3 is 0 Å². The van der Waals surface area contributed by atoms with Crippen LogP contribution in [0.2, 0.25) is 0 Å². The number of nitrogens with zero attached hydrogens (tertiary/aromatic N) is 5. The number of carbonyl (C=O) groups is 1. The number of azide groups is 1. The molecule has 0 fully saturated rings. The molecule has 0 radical (unpaired) electrons. The molecule has 0 aliphatic rings. The lowest BCUT2D eigenvalue weighted by molar-refractivity contribution is -0.384. The average molecular weight is 311 g/mol. The summed E-state index contributed by atoms with van der Waals surface area (Å²) in [6.45, 7) is 0.185. The fraction of sp³-hybridized carbons (Fsp3) is 0.0714. The molecule has 2 aromatic rings. The zero-order valence-corrected chi connectivity index (χ0v) is 11.6. The molecule has 0 N–H and O–H groups in total. The lowest BCUT2D eigenvalue weighted by Gasteiger charge is -2.05. The van der Waals surface area contributed by atoms with Crippen molar-refractivity contribution in [1.82, 2.24) is 0 Å². The first-order valence-corrected chi connectivity index (χ1v) is 6.32. The quantitative estimate of drug-likeness (QED) is 0.206. The van der Waals surface area contributed by atoms with Crippen molar-refractivity contribution in [3.05, 3.63) is 79.1 Å². The van der Waals surface area contributed by atoms with Gasteiger partial charge >= 0.3 is 5.91 Å². The van der Waals surface area contributed by atoms with Crippen LogP contribution in [0.5, 0.6) is 0 Å². The van der Waals surface area contributed by atoms with E-state index in [-0.39, 0.29) is 17.8 Å². The predicted molar refractivity (Wildman–Crippen MR) is 81.5 cm³/mol. The molecule has 0 aromatic heterocycles. The van der Waals surface area contributed by atoms with Crippen LogP contribution in [0.25, 0.3) is 21.6 Å². The van der Waals surface area contributed by atoms with Gasteiger partial charge in [0.25, 0.3) is 5.69 Å². The van der Waals surface area contributed by atoms with Gasteiger partial charge in [0, 0.05) is 22.2 Å². The molecule has 9 nitrogen and oxygen atoms in total. The van der Waals surface area contributed by atoms with Gasteiger partial charge in [0.15, 0.2) is 0 Å². The number of amides is 1. The van der Waals surface area contributed by atoms with E-state index in [1.807, 2.05) is 0 Å². The highest BCUT2D eigenvalue weighted by Gasteiger charge is 2.15. The van der Waals surface area contributed by atoms with Crippen molar-refractivity contribution < 1.29 is 9.72 Å². The van der Waals surface area contributed by atoms with Crippen LogP contribution in [-0.2, 0) is 6.54 Å². The predicted octanol–water partition coefficient (Wildman–Crippen LogP) is 3.98. The molecule has 0 bridgehead atoms. The monoisotopic (exact) mass is 311 g/mol. The fourth-order valence-electron chi connectivity index (χ4n) is 1.98. The molecule has 0 saturated heterocycles. The third-order valence-corrected chi connectivity index (χ3v) is 3.06. The molecule has 2 rings (SSSR count). The van der Waals surface area contributed by atoms with Crippen LogP contribution in [0.15, 0.2) is 52.8 Å². The molecule has 0 spiro atoms. The first-order chi connectivity index (χ1) is 11.0. The summed E-state index contributed by atoms with van der Waals surface area (Å²) in [5.74, 6) is -1.07. The number of rotatable bonds is 5. The zero-order chi connectivity index (χ0) is 16.8. The van der Waals surface area contributed by atoms with E-state index in [0.717, 1.165) is 11.6 Å². The van der Waals surface area contributed by atoms with Crippen molar-refractivity contribution in [2.75, 3.05) is 0 Å². The van der Waals surface area contributed by atoms with E-state index in [1.54, 1.807) is 24.3 Å². The summed E-state index contributed by atoms with van der Waals surface area (Å²) in [4.78, 5) is 34.7. The smallest absolute Gasteiger partial charge is 0.263 e. The van der Waals surface area contributed by atoms with E-state index in [4.69, 9.17) is 5.53 Å². The van der Waals surface area contributed by atoms with Crippen molar-refractivity contribution in [3.8, 4) is 11.1 Å². The largest absolute Gasteiger partial charge is 0.317 e. The van der Waals surface area contributed by atoms with Gasteiger partial charge in [0.05, 0.1) is 17.0 Å². The minimum absolute atomic E-state index is 0.151. The van der Waals surface area contributed by atoms with E-state index in [0.29, 0.717) is 11.1 Å². The third kappa shape index (κ3) is 3.74. The van der Waals surface area contributed by atoms with Gasteiger partial charge in [-0.1, -0.05) is 29.4 Å². The van der Waals surface area contributed by atoms with Crippen molar-refractivity contribution >= 4 is 11.6 Å². The summed E-state index contributed by atoms with van der Waals surface area (Å²) >= 11 is 0. The molecule has 0 atom stereocenters. The molecule has 2 aromatic carbocycles. The number of hydrogen-bond acceptors (Lipinski definition) is 5. The molecule has 0 aliphatic carbocycles. The Kier molecular flexibility index (Phi) is 4.75. The highest BCUT2D eigenvalue weighted by molar-refractivity contribution is 5.96. The minimum Gasteiger partial charge on any atom is -0.263 e. The minimum atomic E-state index is -1.07. The second-order valence-electron chi connectivity index (χ2n) is 4.51. The summed E-state index contributed by atoms with van der Waals surface area (Å²) < 4.78 is 0. The average Bonchev–Trinajstić information content (AvgIpc) is 2.59. The first-order valence-electron chi connectivity index (χ1n) is 6.32. The van der Waals surface area contributed by atoms with E-state index < -0.39 is 10.8 Å². The number of hydrogen-bond donors (Lipinski definition) is 0. The Morgan fingerprint density at radius 3 is 2.43 bits per heavy atom. The molecule has 0 saturated carbocycles. The topological polar surface area (TPSA) is 138 Å². The summed E-state index contributed by atoms with van der Waals surface area (Å²) in [5, 5.41) is 16.7. The molecular formula is C14H9N5O4. The van der Waals surface area contributed by atoms with E-state index in [1.165, 1.54) is 12.1 Å². The SMILES string of the molecule is [N-]=[N+]=NCc1ccc(-c2cc(C(=O)N=O)cc([N+](=O)[O-])c2)cc1. The normalized spacial score (nSPS) is 9.74. The van der Waals surface area contributed by atoms with Crippen molar-refractivity contribution in [2.45, 2.75) is 6.54 Å². The summed E-state index contributed by atoms with van der Waals surface area (Å²) in [7, 11) is 0. The van der Waals surface area contributed by atoms with E-state index in [2.05, 4.69) is 15.2 Å². The number of non-ortho nitro benzene ring substituents is 1. The lowest BCUT2D eigenvalue weighted by Crippen LogP contribution is -1.97. The molecule has 114 valence electrons. The van der Waals surface area contributed by atoms with E-state index >= 15 is 0 Å². The zero-order valence-electron chi connectivity index (χ0n) is 11.6. The number of carbonyl (C=O) groups excluding carboxylic acids is 1. The lowest BCUT2D eigenvalue weighted by atomic mass is 10.0. The molecule has 0 heterocycles. The second kappa shape index (κ2) is 6.92. The van der Waals surface area contributed by atoms with Crippen molar-refractivity contribution in [2.24, 2.45) is 10.3 Å². The highest BCUT2D eigenvalue weighted by atomic mass is 16.6. The van der Waals surface area contributed by atoms with Crippen LogP contribution in [0.4, 0.5) is 5.69 Å². The van der Waals surface area contributed by atoms with Crippen molar-refractivity contribution in [1.29, 1.82) is 0 Å². The Morgan fingerprint density at radius 2 is 1.87 bits per heavy atom. The van der Waals surface area contributed by atoms with Gasteiger partial charge in [0.1, 0.15) is 0 Å². The summed E-state index contributed by atoms with van der Waals surface area (Å²) in [5.41, 5.74) is 9.59. The van der Waals surface area contributed by atoms with Gasteiger partial charge in [0.2, 0.25) is 0 Å². The molecule has 0 aliphatic heterocycles. The maximum absolute atomic E-state index is 11.4. The Labute approximate surface area is 129 Å². The number of nitro groups is 1. The third-order valence-electron chi connectivity index (χ3n) is 3.06. The van der Waals surface area contributed by atoms with Crippen LogP contribution >= 0.6 is 0 Å². The van der Waals surface area contributed by atoms with Crippen molar-refractivity contribution in [3.63, 3.8) is 0 Å². The maximum atomic E-state index is 11.4. The van der Waals surface area contributed by atoms with Crippen LogP contribution in [-0.4, -0.2) is 10.8 Å². The second-order valence-corrected chi connectivity index (χ2v) is 4.51. The molecule has 1 amide bonds. The Morgan fingerprint density at radius 1 is 1.17 bits per heavy atom. The standard InChI is InChI=1S/C14H9N5O4/c15-18-16-8-9-1-3-10(4-2-9)11-5-12(14(20)17-21)7-13(6-11)19(22)23/h1-7H,8H2. The van der Waals surface area contributed by atoms with Crippen LogP contribution in [0.3, 0.4) is 0 Å². The van der Waals surface area contributed by atoms with Gasteiger partial charge in [-0.25, -0.2) is 0 Å². The van der Waals surface area contributed by atoms with Gasteiger partial charge in [-0.2, -0.15) is 0 Å². The molecule has 9 heteroatoms. The Bertz CT molecular complexity index is 826. The van der Waals surface area contributed by atoms with Crippen LogP contribution in [0, 0.1) is 15.0 Å². The molecule has 0 unspecified atom stereocenters. The number of benzene rings is 2. The number of nitro benzene ring substituents is 1. The Balaban J connectivity index is 2.47.